The van der Waals surface area contributed by atoms with Gasteiger partial charge in [-0.3, -0.25) is 9.59 Å². The highest BCUT2D eigenvalue weighted by molar-refractivity contribution is 6.08. The van der Waals surface area contributed by atoms with Crippen molar-refractivity contribution >= 4 is 33.7 Å². The maximum absolute atomic E-state index is 12.1. The Balaban J connectivity index is 0.000000924. The average Bonchev–Trinajstić information content (AvgIpc) is 2.94. The van der Waals surface area contributed by atoms with Gasteiger partial charge < -0.3 is 20.4 Å². The smallest absolute Gasteiger partial charge is 0.320 e. The Labute approximate surface area is 132 Å². The number of nitrogens with two attached hydrogens (primary N) is 1. The molecule has 6 nitrogen and oxygen atoms in total. The van der Waals surface area contributed by atoms with Gasteiger partial charge in [0.25, 0.3) is 0 Å². The molecule has 4 N–H and O–H groups in total. The summed E-state index contributed by atoms with van der Waals surface area (Å²) < 4.78 is 5.68. The van der Waals surface area contributed by atoms with Crippen LogP contribution < -0.4 is 5.73 Å². The lowest BCUT2D eigenvalue weighted by Gasteiger charge is -2.05. The normalized spacial score (nSPS) is 11.8. The number of benzene rings is 2. The maximum Gasteiger partial charge on any atom is 0.320 e. The summed E-state index contributed by atoms with van der Waals surface area (Å²) >= 11 is 0. The van der Waals surface area contributed by atoms with Crippen LogP contribution in [0.15, 0.2) is 46.9 Å². The second kappa shape index (κ2) is 7.04. The van der Waals surface area contributed by atoms with E-state index < -0.39 is 12.0 Å². The van der Waals surface area contributed by atoms with Gasteiger partial charge in [-0.05, 0) is 24.3 Å². The predicted molar refractivity (Wildman–Crippen MR) is 86.4 cm³/mol. The van der Waals surface area contributed by atoms with Crippen molar-refractivity contribution in [3.8, 4) is 0 Å². The first-order chi connectivity index (χ1) is 11.1. The topological polar surface area (TPSA) is 114 Å². The SMILES string of the molecule is CO.N[C@@H](CC(=O)c1ccc2oc3ccccc3c2c1)C(=O)O. The van der Waals surface area contributed by atoms with Crippen molar-refractivity contribution in [1.29, 1.82) is 0 Å². The Kier molecular flexibility index (Phi) is 5.10. The van der Waals surface area contributed by atoms with Crippen molar-refractivity contribution in [2.75, 3.05) is 7.11 Å². The third-order valence-corrected chi connectivity index (χ3v) is 3.42. The van der Waals surface area contributed by atoms with E-state index in [1.807, 2.05) is 24.3 Å². The van der Waals surface area contributed by atoms with Crippen molar-refractivity contribution in [1.82, 2.24) is 0 Å². The van der Waals surface area contributed by atoms with Crippen molar-refractivity contribution in [3.05, 3.63) is 48.0 Å². The summed E-state index contributed by atoms with van der Waals surface area (Å²) in [6.45, 7) is 0. The summed E-state index contributed by atoms with van der Waals surface area (Å²) in [4.78, 5) is 22.8. The molecule has 0 aliphatic carbocycles. The molecule has 0 fully saturated rings. The Morgan fingerprint density at radius 3 is 2.43 bits per heavy atom. The Morgan fingerprint density at radius 1 is 1.09 bits per heavy atom. The first kappa shape index (κ1) is 16.7. The fourth-order valence-electron chi connectivity index (χ4n) is 2.30. The summed E-state index contributed by atoms with van der Waals surface area (Å²) in [5.41, 5.74) is 7.27. The molecule has 0 aliphatic heterocycles. The zero-order valence-corrected chi connectivity index (χ0v) is 12.5. The van der Waals surface area contributed by atoms with E-state index in [0.717, 1.165) is 23.5 Å². The molecule has 3 rings (SSSR count). The van der Waals surface area contributed by atoms with Crippen LogP contribution in [0, 0.1) is 0 Å². The van der Waals surface area contributed by atoms with Crippen LogP contribution in [0.3, 0.4) is 0 Å². The molecule has 120 valence electrons. The number of aliphatic hydroxyl groups excluding tert-OH is 1. The van der Waals surface area contributed by atoms with Gasteiger partial charge in [-0.25, -0.2) is 0 Å². The average molecular weight is 315 g/mol. The summed E-state index contributed by atoms with van der Waals surface area (Å²) in [5.74, 6) is -1.48. The molecule has 1 atom stereocenters. The fourth-order valence-corrected chi connectivity index (χ4v) is 2.30. The number of rotatable bonds is 4. The number of carboxylic acid groups (broad SMARTS) is 1. The number of hydrogen-bond donors (Lipinski definition) is 3. The summed E-state index contributed by atoms with van der Waals surface area (Å²) in [5, 5.41) is 17.5. The van der Waals surface area contributed by atoms with Crippen LogP contribution in [0.1, 0.15) is 16.8 Å². The first-order valence-corrected chi connectivity index (χ1v) is 6.94. The highest BCUT2D eigenvalue weighted by Gasteiger charge is 2.18. The van der Waals surface area contributed by atoms with E-state index in [1.54, 1.807) is 18.2 Å². The number of carboxylic acids is 1. The standard InChI is InChI=1S/C16H13NO4.CH4O/c17-12(16(19)20)8-13(18)9-5-6-15-11(7-9)10-3-1-2-4-14(10)21-15;1-2/h1-7,12H,8,17H2,(H,19,20);2H,1H3/t12-;/m0./s1. The van der Waals surface area contributed by atoms with E-state index in [0.29, 0.717) is 11.1 Å². The lowest BCUT2D eigenvalue weighted by atomic mass is 10.0. The van der Waals surface area contributed by atoms with Crippen LogP contribution in [0.5, 0.6) is 0 Å². The van der Waals surface area contributed by atoms with Crippen molar-refractivity contribution in [3.63, 3.8) is 0 Å². The zero-order valence-electron chi connectivity index (χ0n) is 12.5. The number of ketones is 1. The molecular formula is C17H17NO5. The zero-order chi connectivity index (χ0) is 17.0. The fraction of sp³-hybridized carbons (Fsp3) is 0.176. The van der Waals surface area contributed by atoms with Crippen molar-refractivity contribution in [2.24, 2.45) is 5.73 Å². The van der Waals surface area contributed by atoms with E-state index in [2.05, 4.69) is 0 Å². The molecule has 23 heavy (non-hydrogen) atoms. The maximum atomic E-state index is 12.1. The Bertz CT molecular complexity index is 852. The van der Waals surface area contributed by atoms with Gasteiger partial charge in [0.1, 0.15) is 17.2 Å². The molecule has 0 bridgehead atoms. The van der Waals surface area contributed by atoms with Gasteiger partial charge >= 0.3 is 5.97 Å². The number of carbonyl (C=O) groups is 2. The van der Waals surface area contributed by atoms with Gasteiger partial charge in [-0.1, -0.05) is 18.2 Å². The van der Waals surface area contributed by atoms with Crippen LogP contribution in [-0.2, 0) is 4.79 Å². The molecule has 1 heterocycles. The molecule has 0 spiro atoms. The molecular weight excluding hydrogens is 298 g/mol. The number of hydrogen-bond acceptors (Lipinski definition) is 5. The van der Waals surface area contributed by atoms with Crippen LogP contribution in [0.25, 0.3) is 21.9 Å². The molecule has 6 heteroatoms. The third kappa shape index (κ3) is 3.39. The van der Waals surface area contributed by atoms with Crippen LogP contribution in [0.4, 0.5) is 0 Å². The molecule has 0 aliphatic rings. The van der Waals surface area contributed by atoms with Crippen LogP contribution in [-0.4, -0.2) is 35.1 Å². The predicted octanol–water partition coefficient (Wildman–Crippen LogP) is 2.18. The number of fused-ring (bicyclic) bond motifs is 3. The number of furan rings is 1. The second-order valence-corrected chi connectivity index (χ2v) is 4.88. The lowest BCUT2D eigenvalue weighted by molar-refractivity contribution is -0.138. The van der Waals surface area contributed by atoms with E-state index in [-0.39, 0.29) is 12.2 Å². The van der Waals surface area contributed by atoms with Gasteiger partial charge in [-0.15, -0.1) is 0 Å². The number of aliphatic hydroxyl groups is 1. The number of Topliss-reactive ketones (excluding diaryl/α,β-unsaturated/α-hetero) is 1. The molecule has 0 unspecified atom stereocenters. The van der Waals surface area contributed by atoms with Crippen LogP contribution >= 0.6 is 0 Å². The number of para-hydroxylation sites is 1. The minimum absolute atomic E-state index is 0.226. The van der Waals surface area contributed by atoms with Crippen molar-refractivity contribution < 1.29 is 24.2 Å². The van der Waals surface area contributed by atoms with Gasteiger partial charge in [0, 0.05) is 29.9 Å². The molecule has 3 aromatic rings. The van der Waals surface area contributed by atoms with E-state index in [9.17, 15) is 9.59 Å². The summed E-state index contributed by atoms with van der Waals surface area (Å²) in [7, 11) is 1.00. The molecule has 0 saturated carbocycles. The number of aliphatic carboxylic acids is 1. The van der Waals surface area contributed by atoms with E-state index in [1.165, 1.54) is 0 Å². The molecule has 0 radical (unpaired) electrons. The van der Waals surface area contributed by atoms with Gasteiger partial charge in [0.15, 0.2) is 5.78 Å². The van der Waals surface area contributed by atoms with Gasteiger partial charge in [0.05, 0.1) is 0 Å². The molecule has 0 amide bonds. The highest BCUT2D eigenvalue weighted by atomic mass is 16.4. The van der Waals surface area contributed by atoms with Gasteiger partial charge in [0.2, 0.25) is 0 Å². The molecule has 2 aromatic carbocycles. The largest absolute Gasteiger partial charge is 0.480 e. The monoisotopic (exact) mass is 315 g/mol. The summed E-state index contributed by atoms with van der Waals surface area (Å²) in [6, 6.07) is 11.4. The minimum Gasteiger partial charge on any atom is -0.480 e. The van der Waals surface area contributed by atoms with Crippen molar-refractivity contribution in [2.45, 2.75) is 12.5 Å². The second-order valence-electron chi connectivity index (χ2n) is 4.88. The first-order valence-electron chi connectivity index (χ1n) is 6.94. The summed E-state index contributed by atoms with van der Waals surface area (Å²) in [6.07, 6.45) is -0.226. The van der Waals surface area contributed by atoms with Crippen LogP contribution in [0.2, 0.25) is 0 Å². The quantitative estimate of drug-likeness (QED) is 0.636. The van der Waals surface area contributed by atoms with E-state index >= 15 is 0 Å². The third-order valence-electron chi connectivity index (χ3n) is 3.42. The molecule has 0 saturated heterocycles. The number of carbonyl (C=O) groups excluding carboxylic acids is 1. The van der Waals surface area contributed by atoms with E-state index in [4.69, 9.17) is 20.4 Å². The minimum atomic E-state index is -1.19. The highest BCUT2D eigenvalue weighted by Crippen LogP contribution is 2.29. The Hall–Kier alpha value is -2.70. The van der Waals surface area contributed by atoms with Gasteiger partial charge in [-0.2, -0.15) is 0 Å². The Morgan fingerprint density at radius 2 is 1.74 bits per heavy atom. The molecule has 1 aromatic heterocycles. The lowest BCUT2D eigenvalue weighted by Crippen LogP contribution is -2.32.